The summed E-state index contributed by atoms with van der Waals surface area (Å²) in [6.45, 7) is 0. The van der Waals surface area contributed by atoms with Crippen LogP contribution in [-0.2, 0) is 0 Å². The lowest BCUT2D eigenvalue weighted by Crippen LogP contribution is -1.84. The minimum absolute atomic E-state index is 0.0292. The molecule has 0 aliphatic carbocycles. The summed E-state index contributed by atoms with van der Waals surface area (Å²) in [7, 11) is 0. The molecule has 0 spiro atoms. The van der Waals surface area contributed by atoms with Crippen LogP contribution in [0.3, 0.4) is 0 Å². The maximum Gasteiger partial charge on any atom is 0.281 e. The molecule has 56 valence electrons. The Morgan fingerprint density at radius 1 is 1.73 bits per heavy atom. The van der Waals surface area contributed by atoms with Crippen LogP contribution in [0.1, 0.15) is 14.7 Å². The second-order valence-electron chi connectivity index (χ2n) is 1.52. The van der Waals surface area contributed by atoms with E-state index in [1.54, 1.807) is 6.07 Å². The Bertz CT molecular complexity index is 341. The zero-order chi connectivity index (χ0) is 8.43. The molecular weight excluding hydrogens is 207 g/mol. The second kappa shape index (κ2) is 3.18. The third-order valence-corrected chi connectivity index (χ3v) is 2.49. The lowest BCUT2D eigenvalue weighted by molar-refractivity contribution is 0.108. The standard InChI is InChI=1S/C5Cl2N2OS/c6-3-2(1-8)11-5(9-3)4(7)10. The predicted octanol–water partition coefficient (Wildman–Crippen LogP) is 2.05. The summed E-state index contributed by atoms with van der Waals surface area (Å²) in [5, 5.41) is 7.78. The molecule has 1 aromatic heterocycles. The zero-order valence-electron chi connectivity index (χ0n) is 4.97. The van der Waals surface area contributed by atoms with Gasteiger partial charge in [-0.1, -0.05) is 22.9 Å². The molecule has 3 nitrogen and oxygen atoms in total. The molecule has 0 fully saturated rings. The fourth-order valence-corrected chi connectivity index (χ4v) is 1.49. The highest BCUT2D eigenvalue weighted by Crippen LogP contribution is 2.22. The summed E-state index contributed by atoms with van der Waals surface area (Å²) in [5.41, 5.74) is 0. The van der Waals surface area contributed by atoms with Crippen molar-refractivity contribution in [3.05, 3.63) is 15.0 Å². The molecule has 11 heavy (non-hydrogen) atoms. The number of nitriles is 1. The van der Waals surface area contributed by atoms with Crippen molar-refractivity contribution < 1.29 is 4.79 Å². The maximum absolute atomic E-state index is 10.5. The van der Waals surface area contributed by atoms with Gasteiger partial charge in [-0.2, -0.15) is 5.26 Å². The normalized spacial score (nSPS) is 9.18. The van der Waals surface area contributed by atoms with E-state index in [1.165, 1.54) is 0 Å². The monoisotopic (exact) mass is 206 g/mol. The van der Waals surface area contributed by atoms with Gasteiger partial charge in [0, 0.05) is 0 Å². The van der Waals surface area contributed by atoms with Gasteiger partial charge in [-0.3, -0.25) is 4.79 Å². The van der Waals surface area contributed by atoms with Crippen LogP contribution in [0.4, 0.5) is 0 Å². The first-order valence-electron chi connectivity index (χ1n) is 2.41. The molecule has 0 saturated carbocycles. The van der Waals surface area contributed by atoms with E-state index in [-0.39, 0.29) is 15.0 Å². The molecule has 0 unspecified atom stereocenters. The highest BCUT2D eigenvalue weighted by Gasteiger charge is 2.12. The van der Waals surface area contributed by atoms with Crippen LogP contribution in [0.15, 0.2) is 0 Å². The molecular formula is C5Cl2N2OS. The molecule has 6 heteroatoms. The van der Waals surface area contributed by atoms with Gasteiger partial charge in [0.1, 0.15) is 10.9 Å². The molecule has 0 aliphatic heterocycles. The van der Waals surface area contributed by atoms with E-state index < -0.39 is 5.24 Å². The Hall–Kier alpha value is -0.630. The molecule has 0 N–H and O–H groups in total. The van der Waals surface area contributed by atoms with Gasteiger partial charge in [-0.15, -0.1) is 0 Å². The number of hydrogen-bond acceptors (Lipinski definition) is 4. The largest absolute Gasteiger partial charge is 0.281 e. The van der Waals surface area contributed by atoms with Crippen LogP contribution < -0.4 is 0 Å². The smallest absolute Gasteiger partial charge is 0.273 e. The summed E-state index contributed by atoms with van der Waals surface area (Å²) in [6.07, 6.45) is 0. The molecule has 0 atom stereocenters. The quantitative estimate of drug-likeness (QED) is 0.662. The van der Waals surface area contributed by atoms with Crippen molar-refractivity contribution in [2.45, 2.75) is 0 Å². The first-order chi connectivity index (χ1) is 5.15. The molecule has 0 aromatic carbocycles. The number of rotatable bonds is 1. The Labute approximate surface area is 76.2 Å². The minimum atomic E-state index is -0.696. The van der Waals surface area contributed by atoms with Gasteiger partial charge in [-0.05, 0) is 11.6 Å². The van der Waals surface area contributed by atoms with Gasteiger partial charge in [0.2, 0.25) is 0 Å². The Morgan fingerprint density at radius 3 is 2.64 bits per heavy atom. The van der Waals surface area contributed by atoms with Crippen molar-refractivity contribution in [3.8, 4) is 6.07 Å². The average molecular weight is 207 g/mol. The van der Waals surface area contributed by atoms with E-state index in [0.29, 0.717) is 0 Å². The van der Waals surface area contributed by atoms with E-state index in [2.05, 4.69) is 4.98 Å². The van der Waals surface area contributed by atoms with E-state index in [0.717, 1.165) is 11.3 Å². The van der Waals surface area contributed by atoms with Crippen molar-refractivity contribution in [1.82, 2.24) is 4.98 Å². The summed E-state index contributed by atoms with van der Waals surface area (Å²) < 4.78 is 0. The fourth-order valence-electron chi connectivity index (χ4n) is 0.455. The molecule has 0 bridgehead atoms. The highest BCUT2D eigenvalue weighted by molar-refractivity contribution is 7.16. The van der Waals surface area contributed by atoms with E-state index in [4.69, 9.17) is 28.5 Å². The number of thiazole rings is 1. The van der Waals surface area contributed by atoms with Crippen molar-refractivity contribution in [2.75, 3.05) is 0 Å². The van der Waals surface area contributed by atoms with Crippen LogP contribution in [0.25, 0.3) is 0 Å². The van der Waals surface area contributed by atoms with Crippen LogP contribution in [0.5, 0.6) is 0 Å². The highest BCUT2D eigenvalue weighted by atomic mass is 35.5. The van der Waals surface area contributed by atoms with Gasteiger partial charge >= 0.3 is 0 Å². The molecule has 0 radical (unpaired) electrons. The number of nitrogens with zero attached hydrogens (tertiary/aromatic N) is 2. The lowest BCUT2D eigenvalue weighted by Gasteiger charge is -1.76. The van der Waals surface area contributed by atoms with Crippen molar-refractivity contribution in [1.29, 1.82) is 5.26 Å². The Kier molecular flexibility index (Phi) is 2.45. The first-order valence-corrected chi connectivity index (χ1v) is 3.98. The van der Waals surface area contributed by atoms with Gasteiger partial charge < -0.3 is 0 Å². The third kappa shape index (κ3) is 1.69. The summed E-state index contributed by atoms with van der Waals surface area (Å²) in [6, 6.07) is 1.78. The molecule has 0 amide bonds. The fraction of sp³-hybridized carbons (Fsp3) is 0. The van der Waals surface area contributed by atoms with Gasteiger partial charge in [0.25, 0.3) is 5.24 Å². The minimum Gasteiger partial charge on any atom is -0.273 e. The molecule has 1 heterocycles. The van der Waals surface area contributed by atoms with Crippen LogP contribution >= 0.6 is 34.5 Å². The van der Waals surface area contributed by atoms with Crippen LogP contribution in [0, 0.1) is 11.3 Å². The zero-order valence-corrected chi connectivity index (χ0v) is 7.30. The first kappa shape index (κ1) is 8.47. The maximum atomic E-state index is 10.5. The number of halogens is 2. The van der Waals surface area contributed by atoms with Crippen molar-refractivity contribution in [2.24, 2.45) is 0 Å². The molecule has 1 aromatic rings. The number of carbonyl (C=O) groups is 1. The topological polar surface area (TPSA) is 53.8 Å². The Morgan fingerprint density at radius 2 is 2.36 bits per heavy atom. The second-order valence-corrected chi connectivity index (χ2v) is 3.22. The van der Waals surface area contributed by atoms with Gasteiger partial charge in [-0.25, -0.2) is 4.98 Å². The van der Waals surface area contributed by atoms with E-state index in [1.807, 2.05) is 0 Å². The van der Waals surface area contributed by atoms with Crippen LogP contribution in [0.2, 0.25) is 5.15 Å². The number of carbonyl (C=O) groups excluding carboxylic acids is 1. The number of aromatic nitrogens is 1. The summed E-state index contributed by atoms with van der Waals surface area (Å²) in [5.74, 6) is 0. The predicted molar refractivity (Wildman–Crippen MR) is 42.0 cm³/mol. The summed E-state index contributed by atoms with van der Waals surface area (Å²) >= 11 is 11.4. The molecule has 0 aliphatic rings. The average Bonchev–Trinajstić information content (AvgIpc) is 2.31. The van der Waals surface area contributed by atoms with E-state index >= 15 is 0 Å². The third-order valence-electron chi connectivity index (χ3n) is 0.855. The van der Waals surface area contributed by atoms with Crippen molar-refractivity contribution in [3.63, 3.8) is 0 Å². The summed E-state index contributed by atoms with van der Waals surface area (Å²) in [4.78, 5) is 14.2. The SMILES string of the molecule is N#Cc1sc(C(=O)Cl)nc1Cl. The van der Waals surface area contributed by atoms with Gasteiger partial charge in [0.15, 0.2) is 10.2 Å². The Balaban J connectivity index is 3.18. The van der Waals surface area contributed by atoms with Crippen LogP contribution in [-0.4, -0.2) is 10.2 Å². The van der Waals surface area contributed by atoms with Crippen molar-refractivity contribution >= 4 is 39.8 Å². The van der Waals surface area contributed by atoms with Gasteiger partial charge in [0.05, 0.1) is 0 Å². The molecule has 0 saturated heterocycles. The number of hydrogen-bond donors (Lipinski definition) is 0. The molecule has 1 rings (SSSR count). The lowest BCUT2D eigenvalue weighted by atomic mass is 10.6. The van der Waals surface area contributed by atoms with E-state index in [9.17, 15) is 4.79 Å².